The summed E-state index contributed by atoms with van der Waals surface area (Å²) < 4.78 is 0. The molecule has 1 saturated heterocycles. The van der Waals surface area contributed by atoms with Gasteiger partial charge in [-0.3, -0.25) is 0 Å². The number of rotatable bonds is 7. The first-order chi connectivity index (χ1) is 8.09. The molecule has 1 aliphatic rings. The molecule has 3 nitrogen and oxygen atoms in total. The van der Waals surface area contributed by atoms with E-state index in [1.807, 2.05) is 0 Å². The van der Waals surface area contributed by atoms with E-state index in [1.165, 1.54) is 38.9 Å². The van der Waals surface area contributed by atoms with Crippen LogP contribution in [0.3, 0.4) is 0 Å². The van der Waals surface area contributed by atoms with Gasteiger partial charge in [-0.1, -0.05) is 13.8 Å². The molecule has 1 rings (SSSR count). The van der Waals surface area contributed by atoms with Crippen molar-refractivity contribution in [2.75, 3.05) is 40.3 Å². The molecule has 2 N–H and O–H groups in total. The van der Waals surface area contributed by atoms with Crippen LogP contribution in [0.25, 0.3) is 0 Å². The molecule has 1 heterocycles. The number of hydrogen-bond acceptors (Lipinski definition) is 3. The quantitative estimate of drug-likeness (QED) is 0.708. The fourth-order valence-electron chi connectivity index (χ4n) is 2.56. The minimum atomic E-state index is 0.678. The molecule has 1 fully saturated rings. The molecule has 1 atom stereocenters. The van der Waals surface area contributed by atoms with Crippen molar-refractivity contribution in [2.24, 2.45) is 11.8 Å². The van der Waals surface area contributed by atoms with Crippen LogP contribution in [0.1, 0.15) is 33.1 Å². The van der Waals surface area contributed by atoms with E-state index in [0.717, 1.165) is 18.4 Å². The van der Waals surface area contributed by atoms with Gasteiger partial charge in [-0.15, -0.1) is 0 Å². The lowest BCUT2D eigenvalue weighted by atomic mass is 9.97. The van der Waals surface area contributed by atoms with Crippen molar-refractivity contribution in [3.63, 3.8) is 0 Å². The van der Waals surface area contributed by atoms with Gasteiger partial charge in [0.05, 0.1) is 0 Å². The SMILES string of the molecule is CC(C)CC(CNCC1CCNCC1)N(C)C. The smallest absolute Gasteiger partial charge is 0.0216 e. The monoisotopic (exact) mass is 241 g/mol. The minimum absolute atomic E-state index is 0.678. The van der Waals surface area contributed by atoms with Crippen LogP contribution >= 0.6 is 0 Å². The Morgan fingerprint density at radius 1 is 1.24 bits per heavy atom. The first kappa shape index (κ1) is 14.9. The second-order valence-corrected chi connectivity index (χ2v) is 6.10. The predicted molar refractivity (Wildman–Crippen MR) is 75.4 cm³/mol. The molecule has 0 spiro atoms. The second kappa shape index (κ2) is 8.06. The van der Waals surface area contributed by atoms with E-state index in [4.69, 9.17) is 0 Å². The van der Waals surface area contributed by atoms with Crippen molar-refractivity contribution < 1.29 is 0 Å². The van der Waals surface area contributed by atoms with Crippen LogP contribution in [0.4, 0.5) is 0 Å². The third-order valence-corrected chi connectivity index (χ3v) is 3.75. The Bertz CT molecular complexity index is 186. The van der Waals surface area contributed by atoms with Gasteiger partial charge in [0.25, 0.3) is 0 Å². The topological polar surface area (TPSA) is 27.3 Å². The summed E-state index contributed by atoms with van der Waals surface area (Å²) >= 11 is 0. The van der Waals surface area contributed by atoms with Gasteiger partial charge in [-0.2, -0.15) is 0 Å². The van der Waals surface area contributed by atoms with Crippen LogP contribution in [0.5, 0.6) is 0 Å². The first-order valence-corrected chi connectivity index (χ1v) is 7.17. The zero-order chi connectivity index (χ0) is 12.7. The summed E-state index contributed by atoms with van der Waals surface area (Å²) in [5.41, 5.74) is 0. The lowest BCUT2D eigenvalue weighted by Crippen LogP contribution is -2.41. The molecule has 0 radical (unpaired) electrons. The Kier molecular flexibility index (Phi) is 7.09. The summed E-state index contributed by atoms with van der Waals surface area (Å²) in [6.07, 6.45) is 3.96. The molecule has 0 aromatic heterocycles. The Morgan fingerprint density at radius 3 is 2.41 bits per heavy atom. The van der Waals surface area contributed by atoms with Crippen molar-refractivity contribution in [3.05, 3.63) is 0 Å². The lowest BCUT2D eigenvalue weighted by molar-refractivity contribution is 0.240. The Balaban J connectivity index is 2.17. The van der Waals surface area contributed by atoms with Crippen LogP contribution in [-0.2, 0) is 0 Å². The summed E-state index contributed by atoms with van der Waals surface area (Å²) in [6, 6.07) is 0.678. The molecule has 0 aliphatic carbocycles. The van der Waals surface area contributed by atoms with E-state index in [2.05, 4.69) is 43.5 Å². The fourth-order valence-corrected chi connectivity index (χ4v) is 2.56. The number of nitrogens with one attached hydrogen (secondary N) is 2. The van der Waals surface area contributed by atoms with Crippen LogP contribution in [0, 0.1) is 11.8 Å². The lowest BCUT2D eigenvalue weighted by Gasteiger charge is -2.28. The predicted octanol–water partition coefficient (Wildman–Crippen LogP) is 1.55. The molecule has 1 unspecified atom stereocenters. The molecule has 3 heteroatoms. The summed E-state index contributed by atoms with van der Waals surface area (Å²) in [6.45, 7) is 9.36. The van der Waals surface area contributed by atoms with Gasteiger partial charge in [0.15, 0.2) is 0 Å². The number of hydrogen-bond donors (Lipinski definition) is 2. The Hall–Kier alpha value is -0.120. The van der Waals surface area contributed by atoms with Gasteiger partial charge in [0, 0.05) is 12.6 Å². The molecule has 0 saturated carbocycles. The van der Waals surface area contributed by atoms with Crippen LogP contribution in [0.2, 0.25) is 0 Å². The zero-order valence-corrected chi connectivity index (χ0v) is 12.1. The summed E-state index contributed by atoms with van der Waals surface area (Å²) in [5, 5.41) is 7.09. The van der Waals surface area contributed by atoms with Gasteiger partial charge in [-0.25, -0.2) is 0 Å². The minimum Gasteiger partial charge on any atom is -0.317 e. The van der Waals surface area contributed by atoms with E-state index < -0.39 is 0 Å². The maximum absolute atomic E-state index is 3.67. The largest absolute Gasteiger partial charge is 0.317 e. The van der Waals surface area contributed by atoms with E-state index >= 15 is 0 Å². The van der Waals surface area contributed by atoms with Gasteiger partial charge < -0.3 is 15.5 Å². The highest BCUT2D eigenvalue weighted by molar-refractivity contribution is 4.74. The summed E-state index contributed by atoms with van der Waals surface area (Å²) in [5.74, 6) is 1.67. The Morgan fingerprint density at radius 2 is 1.88 bits per heavy atom. The van der Waals surface area contributed by atoms with Crippen molar-refractivity contribution >= 4 is 0 Å². The van der Waals surface area contributed by atoms with Gasteiger partial charge in [-0.05, 0) is 64.8 Å². The zero-order valence-electron chi connectivity index (χ0n) is 12.1. The van der Waals surface area contributed by atoms with Gasteiger partial charge in [0.1, 0.15) is 0 Å². The molecule has 17 heavy (non-hydrogen) atoms. The molecule has 0 aromatic rings. The van der Waals surface area contributed by atoms with Gasteiger partial charge >= 0.3 is 0 Å². The van der Waals surface area contributed by atoms with Crippen LogP contribution in [-0.4, -0.2) is 51.2 Å². The molecule has 0 aromatic carbocycles. The van der Waals surface area contributed by atoms with E-state index in [9.17, 15) is 0 Å². The average molecular weight is 241 g/mol. The molecule has 0 amide bonds. The third-order valence-electron chi connectivity index (χ3n) is 3.75. The van der Waals surface area contributed by atoms with Crippen LogP contribution in [0.15, 0.2) is 0 Å². The maximum Gasteiger partial charge on any atom is 0.0216 e. The van der Waals surface area contributed by atoms with E-state index in [-0.39, 0.29) is 0 Å². The number of likely N-dealkylation sites (N-methyl/N-ethyl adjacent to an activating group) is 1. The van der Waals surface area contributed by atoms with Crippen molar-refractivity contribution in [2.45, 2.75) is 39.2 Å². The molecule has 1 aliphatic heterocycles. The summed E-state index contributed by atoms with van der Waals surface area (Å²) in [4.78, 5) is 2.36. The van der Waals surface area contributed by atoms with Crippen LogP contribution < -0.4 is 10.6 Å². The Labute approximate surface area is 107 Å². The third kappa shape index (κ3) is 6.39. The average Bonchev–Trinajstić information content (AvgIpc) is 2.28. The highest BCUT2D eigenvalue weighted by atomic mass is 15.1. The standard InChI is InChI=1S/C14H31N3/c1-12(2)9-14(17(3)4)11-16-10-13-5-7-15-8-6-13/h12-16H,5-11H2,1-4H3. The molecular formula is C14H31N3. The normalized spacial score (nSPS) is 20.1. The van der Waals surface area contributed by atoms with Crippen molar-refractivity contribution in [1.29, 1.82) is 0 Å². The van der Waals surface area contributed by atoms with Crippen molar-refractivity contribution in [3.8, 4) is 0 Å². The van der Waals surface area contributed by atoms with E-state index in [0.29, 0.717) is 6.04 Å². The summed E-state index contributed by atoms with van der Waals surface area (Å²) in [7, 11) is 4.39. The number of piperidine rings is 1. The number of nitrogens with zero attached hydrogens (tertiary/aromatic N) is 1. The first-order valence-electron chi connectivity index (χ1n) is 7.17. The maximum atomic E-state index is 3.67. The molecular weight excluding hydrogens is 210 g/mol. The highest BCUT2D eigenvalue weighted by Crippen LogP contribution is 2.11. The fraction of sp³-hybridized carbons (Fsp3) is 1.00. The molecule has 102 valence electrons. The van der Waals surface area contributed by atoms with E-state index in [1.54, 1.807) is 0 Å². The van der Waals surface area contributed by atoms with Gasteiger partial charge in [0.2, 0.25) is 0 Å². The highest BCUT2D eigenvalue weighted by Gasteiger charge is 2.15. The second-order valence-electron chi connectivity index (χ2n) is 6.10. The van der Waals surface area contributed by atoms with Crippen molar-refractivity contribution in [1.82, 2.24) is 15.5 Å². The molecule has 0 bridgehead atoms.